The van der Waals surface area contributed by atoms with Crippen LogP contribution >= 0.6 is 0 Å². The smallest absolute Gasteiger partial charge is 0.417 e. The van der Waals surface area contributed by atoms with Gasteiger partial charge in [-0.25, -0.2) is 9.67 Å². The number of nitrogens with zero attached hydrogens (tertiary/aromatic N) is 3. The number of carbonyl (C=O) groups excluding carboxylic acids is 1. The molecular formula is C18H17F3N4O2. The molecule has 0 fully saturated rings. The molecule has 1 N–H and O–H groups in total. The van der Waals surface area contributed by atoms with Crippen LogP contribution in [0.5, 0.6) is 0 Å². The van der Waals surface area contributed by atoms with Gasteiger partial charge in [0.25, 0.3) is 5.91 Å². The van der Waals surface area contributed by atoms with E-state index in [9.17, 15) is 18.0 Å². The van der Waals surface area contributed by atoms with Crippen LogP contribution in [0, 0.1) is 0 Å². The topological polar surface area (TPSA) is 73.0 Å². The normalized spacial score (nSPS) is 11.8. The molecule has 0 unspecified atom stereocenters. The van der Waals surface area contributed by atoms with Crippen molar-refractivity contribution < 1.29 is 22.4 Å². The summed E-state index contributed by atoms with van der Waals surface area (Å²) in [5.74, 6) is -0.232. The van der Waals surface area contributed by atoms with Gasteiger partial charge < -0.3 is 9.73 Å². The molecule has 27 heavy (non-hydrogen) atoms. The zero-order valence-corrected chi connectivity index (χ0v) is 14.6. The summed E-state index contributed by atoms with van der Waals surface area (Å²) in [6, 6.07) is 3.90. The van der Waals surface area contributed by atoms with E-state index in [0.29, 0.717) is 11.3 Å². The molecule has 3 heterocycles. The van der Waals surface area contributed by atoms with Gasteiger partial charge in [-0.1, -0.05) is 13.8 Å². The Morgan fingerprint density at radius 1 is 1.26 bits per heavy atom. The second-order valence-electron chi connectivity index (χ2n) is 6.23. The summed E-state index contributed by atoms with van der Waals surface area (Å²) >= 11 is 0. The van der Waals surface area contributed by atoms with Crippen LogP contribution in [0.1, 0.15) is 46.9 Å². The number of alkyl halides is 3. The molecule has 1 amide bonds. The van der Waals surface area contributed by atoms with Crippen molar-refractivity contribution in [1.82, 2.24) is 20.1 Å². The van der Waals surface area contributed by atoms with Crippen LogP contribution in [0.2, 0.25) is 0 Å². The van der Waals surface area contributed by atoms with E-state index < -0.39 is 11.7 Å². The standard InChI is InChI=1S/C18H17F3N4O2/c1-11(2)16-14(17(26)23-7-12-5-6-27-10-12)9-24-25(16)15-4-3-13(8-22-15)18(19,20)21/h3-6,8-11H,7H2,1-2H3,(H,23,26). The maximum atomic E-state index is 12.7. The first-order valence-corrected chi connectivity index (χ1v) is 8.18. The molecule has 0 aliphatic carbocycles. The molecule has 0 aromatic carbocycles. The number of hydrogen-bond acceptors (Lipinski definition) is 4. The van der Waals surface area contributed by atoms with Crippen molar-refractivity contribution in [3.63, 3.8) is 0 Å². The Kier molecular flexibility index (Phi) is 5.02. The van der Waals surface area contributed by atoms with Crippen LogP contribution < -0.4 is 5.32 Å². The van der Waals surface area contributed by atoms with E-state index in [2.05, 4.69) is 15.4 Å². The molecule has 0 spiro atoms. The number of carbonyl (C=O) groups is 1. The van der Waals surface area contributed by atoms with Gasteiger partial charge in [0, 0.05) is 18.3 Å². The average molecular weight is 378 g/mol. The van der Waals surface area contributed by atoms with Crippen LogP contribution in [0.15, 0.2) is 47.5 Å². The Morgan fingerprint density at radius 3 is 2.59 bits per heavy atom. The molecule has 0 radical (unpaired) electrons. The Labute approximate surface area is 153 Å². The quantitative estimate of drug-likeness (QED) is 0.730. The summed E-state index contributed by atoms with van der Waals surface area (Å²) in [6.07, 6.45) is 0.711. The van der Waals surface area contributed by atoms with Gasteiger partial charge in [-0.05, 0) is 24.1 Å². The predicted octanol–water partition coefficient (Wildman–Crippen LogP) is 3.93. The second-order valence-corrected chi connectivity index (χ2v) is 6.23. The van der Waals surface area contributed by atoms with E-state index in [1.807, 2.05) is 13.8 Å². The number of nitrogens with one attached hydrogen (secondary N) is 1. The van der Waals surface area contributed by atoms with E-state index in [4.69, 9.17) is 4.42 Å². The third-order valence-corrected chi connectivity index (χ3v) is 3.92. The molecule has 0 aliphatic rings. The van der Waals surface area contributed by atoms with Crippen LogP contribution in [0.4, 0.5) is 13.2 Å². The highest BCUT2D eigenvalue weighted by atomic mass is 19.4. The van der Waals surface area contributed by atoms with Crippen molar-refractivity contribution in [2.45, 2.75) is 32.5 Å². The van der Waals surface area contributed by atoms with Crippen molar-refractivity contribution in [2.75, 3.05) is 0 Å². The number of halogens is 3. The molecule has 0 bridgehead atoms. The van der Waals surface area contributed by atoms with Crippen molar-refractivity contribution in [3.8, 4) is 5.82 Å². The highest BCUT2D eigenvalue weighted by Crippen LogP contribution is 2.29. The summed E-state index contributed by atoms with van der Waals surface area (Å²) in [4.78, 5) is 16.4. The monoisotopic (exact) mass is 378 g/mol. The SMILES string of the molecule is CC(C)c1c(C(=O)NCc2ccoc2)cnn1-c1ccc(C(F)(F)F)cn1. The molecule has 9 heteroatoms. The second kappa shape index (κ2) is 7.26. The van der Waals surface area contributed by atoms with Crippen molar-refractivity contribution in [2.24, 2.45) is 0 Å². The van der Waals surface area contributed by atoms with Gasteiger partial charge in [-0.15, -0.1) is 0 Å². The molecule has 0 saturated heterocycles. The molecule has 0 atom stereocenters. The van der Waals surface area contributed by atoms with E-state index >= 15 is 0 Å². The summed E-state index contributed by atoms with van der Waals surface area (Å²) in [5, 5.41) is 6.93. The van der Waals surface area contributed by atoms with Gasteiger partial charge in [-0.3, -0.25) is 4.79 Å². The average Bonchev–Trinajstić information content (AvgIpc) is 3.28. The zero-order valence-electron chi connectivity index (χ0n) is 14.6. The molecular weight excluding hydrogens is 361 g/mol. The van der Waals surface area contributed by atoms with Crippen LogP contribution in [0.25, 0.3) is 5.82 Å². The zero-order chi connectivity index (χ0) is 19.6. The fourth-order valence-electron chi connectivity index (χ4n) is 2.62. The molecule has 6 nitrogen and oxygen atoms in total. The van der Waals surface area contributed by atoms with E-state index in [1.165, 1.54) is 29.5 Å². The number of rotatable bonds is 5. The van der Waals surface area contributed by atoms with Gasteiger partial charge in [0.1, 0.15) is 0 Å². The lowest BCUT2D eigenvalue weighted by atomic mass is 10.1. The Morgan fingerprint density at radius 2 is 2.04 bits per heavy atom. The van der Waals surface area contributed by atoms with Crippen molar-refractivity contribution in [1.29, 1.82) is 0 Å². The van der Waals surface area contributed by atoms with E-state index in [0.717, 1.165) is 17.8 Å². The fraction of sp³-hybridized carbons (Fsp3) is 0.278. The Hall–Kier alpha value is -3.10. The maximum absolute atomic E-state index is 12.7. The first-order valence-electron chi connectivity index (χ1n) is 8.18. The first-order chi connectivity index (χ1) is 12.8. The summed E-state index contributed by atoms with van der Waals surface area (Å²) in [5.41, 5.74) is 0.871. The van der Waals surface area contributed by atoms with Gasteiger partial charge in [0.2, 0.25) is 0 Å². The van der Waals surface area contributed by atoms with Gasteiger partial charge in [0.15, 0.2) is 5.82 Å². The van der Waals surface area contributed by atoms with Crippen molar-refractivity contribution >= 4 is 5.91 Å². The third-order valence-electron chi connectivity index (χ3n) is 3.92. The molecule has 3 aromatic rings. The van der Waals surface area contributed by atoms with Crippen molar-refractivity contribution in [3.05, 3.63) is 65.5 Å². The highest BCUT2D eigenvalue weighted by Gasteiger charge is 2.31. The lowest BCUT2D eigenvalue weighted by Crippen LogP contribution is -2.24. The van der Waals surface area contributed by atoms with Crippen LogP contribution in [-0.2, 0) is 12.7 Å². The van der Waals surface area contributed by atoms with Crippen LogP contribution in [-0.4, -0.2) is 20.7 Å². The molecule has 3 aromatic heterocycles. The minimum absolute atomic E-state index is 0.105. The lowest BCUT2D eigenvalue weighted by Gasteiger charge is -2.13. The number of aromatic nitrogens is 3. The van der Waals surface area contributed by atoms with Crippen LogP contribution in [0.3, 0.4) is 0 Å². The van der Waals surface area contributed by atoms with Gasteiger partial charge in [-0.2, -0.15) is 18.3 Å². The highest BCUT2D eigenvalue weighted by molar-refractivity contribution is 5.95. The summed E-state index contributed by atoms with van der Waals surface area (Å²) in [7, 11) is 0. The summed E-state index contributed by atoms with van der Waals surface area (Å²) < 4.78 is 44.5. The number of pyridine rings is 1. The molecule has 142 valence electrons. The first kappa shape index (κ1) is 18.7. The number of hydrogen-bond donors (Lipinski definition) is 1. The van der Waals surface area contributed by atoms with E-state index in [-0.39, 0.29) is 24.2 Å². The maximum Gasteiger partial charge on any atom is 0.417 e. The minimum atomic E-state index is -4.46. The van der Waals surface area contributed by atoms with Gasteiger partial charge in [0.05, 0.1) is 35.5 Å². The predicted molar refractivity (Wildman–Crippen MR) is 90.3 cm³/mol. The lowest BCUT2D eigenvalue weighted by molar-refractivity contribution is -0.137. The molecule has 3 rings (SSSR count). The Bertz CT molecular complexity index is 913. The number of furan rings is 1. The molecule has 0 saturated carbocycles. The minimum Gasteiger partial charge on any atom is -0.472 e. The molecule has 0 aliphatic heterocycles. The third kappa shape index (κ3) is 4.02. The largest absolute Gasteiger partial charge is 0.472 e. The van der Waals surface area contributed by atoms with Gasteiger partial charge >= 0.3 is 6.18 Å². The fourth-order valence-corrected chi connectivity index (χ4v) is 2.62. The number of amides is 1. The Balaban J connectivity index is 1.88. The van der Waals surface area contributed by atoms with E-state index in [1.54, 1.807) is 6.07 Å². The summed E-state index contributed by atoms with van der Waals surface area (Å²) in [6.45, 7) is 4.02.